The zero-order valence-electron chi connectivity index (χ0n) is 34.2. The summed E-state index contributed by atoms with van der Waals surface area (Å²) >= 11 is 1.26. The van der Waals surface area contributed by atoms with Gasteiger partial charge in [-0.15, -0.1) is 17.9 Å². The van der Waals surface area contributed by atoms with Crippen LogP contribution in [0.2, 0.25) is 0 Å². The van der Waals surface area contributed by atoms with Gasteiger partial charge in [-0.1, -0.05) is 47.6 Å². The number of rotatable bonds is 13. The topological polar surface area (TPSA) is 198 Å². The summed E-state index contributed by atoms with van der Waals surface area (Å²) in [4.78, 5) is 77.8. The Morgan fingerprint density at radius 3 is 2.40 bits per heavy atom. The molecule has 6 rings (SSSR count). The lowest BCUT2D eigenvalue weighted by Crippen LogP contribution is -2.59. The van der Waals surface area contributed by atoms with Gasteiger partial charge in [0.05, 0.1) is 24.9 Å². The molecular weight excluding hydrogens is 765 g/mol. The van der Waals surface area contributed by atoms with E-state index >= 15 is 0 Å². The minimum absolute atomic E-state index is 0.0192. The molecule has 58 heavy (non-hydrogen) atoms. The average molecular weight is 819 g/mol. The minimum Gasteiger partial charge on any atom is -0.497 e. The molecule has 0 spiro atoms. The largest absolute Gasteiger partial charge is 0.497 e. The minimum atomic E-state index is -1.53. The molecule has 15 nitrogen and oxygen atoms in total. The number of amides is 4. The normalized spacial score (nSPS) is 22.5. The second kappa shape index (κ2) is 16.5. The smallest absolute Gasteiger partial charge is 0.408 e. The van der Waals surface area contributed by atoms with Gasteiger partial charge >= 0.3 is 12.1 Å². The monoisotopic (exact) mass is 818 g/mol. The van der Waals surface area contributed by atoms with Crippen LogP contribution in [-0.4, -0.2) is 93.2 Å². The van der Waals surface area contributed by atoms with E-state index in [2.05, 4.69) is 27.5 Å². The number of aliphatic carboxylic acids is 1. The van der Waals surface area contributed by atoms with Crippen LogP contribution < -0.4 is 25.4 Å². The van der Waals surface area contributed by atoms with Crippen molar-refractivity contribution >= 4 is 57.2 Å². The number of aromatic nitrogens is 2. The van der Waals surface area contributed by atoms with E-state index in [4.69, 9.17) is 19.2 Å². The second-order valence-corrected chi connectivity index (χ2v) is 18.6. The van der Waals surface area contributed by atoms with Crippen molar-refractivity contribution in [2.24, 2.45) is 16.7 Å². The Bertz CT molecular complexity index is 2080. The van der Waals surface area contributed by atoms with Crippen LogP contribution in [0.3, 0.4) is 0 Å². The zero-order chi connectivity index (χ0) is 42.2. The molecule has 3 aromatic rings. The number of carbonyl (C=O) groups is 5. The van der Waals surface area contributed by atoms with E-state index in [1.165, 1.54) is 22.3 Å². The lowest BCUT2D eigenvalue weighted by Gasteiger charge is -2.35. The van der Waals surface area contributed by atoms with Crippen LogP contribution in [0.15, 0.2) is 42.3 Å². The molecule has 1 aromatic carbocycles. The Morgan fingerprint density at radius 1 is 1.05 bits per heavy atom. The first kappa shape index (κ1) is 42.4. The highest BCUT2D eigenvalue weighted by Gasteiger charge is 2.61. The molecule has 4 N–H and O–H groups in total. The van der Waals surface area contributed by atoms with Crippen LogP contribution in [-0.2, 0) is 23.9 Å². The van der Waals surface area contributed by atoms with E-state index in [9.17, 15) is 29.1 Å². The van der Waals surface area contributed by atoms with Gasteiger partial charge < -0.3 is 40.2 Å². The van der Waals surface area contributed by atoms with Crippen LogP contribution in [0.1, 0.15) is 86.5 Å². The molecule has 2 aliphatic carbocycles. The molecule has 0 radical (unpaired) electrons. The molecule has 2 saturated carbocycles. The summed E-state index contributed by atoms with van der Waals surface area (Å²) in [6.45, 7) is 15.0. The summed E-state index contributed by atoms with van der Waals surface area (Å²) in [6, 6.07) is 4.82. The van der Waals surface area contributed by atoms with Gasteiger partial charge in [0.2, 0.25) is 17.7 Å². The SMILES string of the molecule is C=C[C@@H]1C[C@]1(NC(=O)[C@@H]1C[C@@H](Oc2cc(-c3csc(NC(=O)CC(C)(C)C)n3)nc3cc(OC)ccc23)CN1C(=O)[C@@H](NC(=O)OC1CCCC1)C(C)(C)C)C(=O)O. The van der Waals surface area contributed by atoms with E-state index in [0.29, 0.717) is 45.3 Å². The number of pyridine rings is 1. The van der Waals surface area contributed by atoms with Crippen molar-refractivity contribution in [1.82, 2.24) is 25.5 Å². The fourth-order valence-electron chi connectivity index (χ4n) is 7.62. The van der Waals surface area contributed by atoms with Crippen LogP contribution >= 0.6 is 11.3 Å². The number of carboxylic acids is 1. The number of hydrogen-bond donors (Lipinski definition) is 4. The van der Waals surface area contributed by atoms with Crippen molar-refractivity contribution in [1.29, 1.82) is 0 Å². The van der Waals surface area contributed by atoms with Crippen LogP contribution in [0.25, 0.3) is 22.3 Å². The number of likely N-dealkylation sites (tertiary alicyclic amines) is 1. The van der Waals surface area contributed by atoms with E-state index in [0.717, 1.165) is 25.7 Å². The Kier molecular flexibility index (Phi) is 12.1. The Labute approximate surface area is 342 Å². The summed E-state index contributed by atoms with van der Waals surface area (Å²) in [6.07, 6.45) is 3.73. The van der Waals surface area contributed by atoms with E-state index in [1.54, 1.807) is 36.8 Å². The zero-order valence-corrected chi connectivity index (χ0v) is 35.0. The van der Waals surface area contributed by atoms with Crippen LogP contribution in [0, 0.1) is 16.7 Å². The highest BCUT2D eigenvalue weighted by Crippen LogP contribution is 2.45. The number of nitrogens with one attached hydrogen (secondary N) is 3. The fraction of sp³-hybridized carbons (Fsp3) is 0.548. The molecule has 3 heterocycles. The van der Waals surface area contributed by atoms with E-state index in [1.807, 2.05) is 41.5 Å². The van der Waals surface area contributed by atoms with Gasteiger partial charge in [-0.05, 0) is 55.1 Å². The number of nitrogens with zero attached hydrogens (tertiary/aromatic N) is 3. The lowest BCUT2D eigenvalue weighted by atomic mass is 9.85. The van der Waals surface area contributed by atoms with E-state index in [-0.39, 0.29) is 36.8 Å². The molecule has 3 aliphatic rings. The van der Waals surface area contributed by atoms with Crippen LogP contribution in [0.4, 0.5) is 9.93 Å². The number of hydrogen-bond acceptors (Lipinski definition) is 11. The van der Waals surface area contributed by atoms with Crippen molar-refractivity contribution in [2.75, 3.05) is 19.0 Å². The highest BCUT2D eigenvalue weighted by atomic mass is 32.1. The first-order valence-corrected chi connectivity index (χ1v) is 20.5. The number of carboxylic acid groups (broad SMARTS) is 1. The molecule has 16 heteroatoms. The Balaban J connectivity index is 1.31. The molecule has 5 atom stereocenters. The number of alkyl carbamates (subject to hydrolysis) is 1. The quantitative estimate of drug-likeness (QED) is 0.141. The average Bonchev–Trinajstić information content (AvgIpc) is 3.55. The summed E-state index contributed by atoms with van der Waals surface area (Å²) < 4.78 is 17.8. The van der Waals surface area contributed by atoms with Gasteiger partial charge in [0.15, 0.2) is 5.13 Å². The molecule has 2 aromatic heterocycles. The third-order valence-electron chi connectivity index (χ3n) is 10.8. The Morgan fingerprint density at radius 2 is 1.78 bits per heavy atom. The number of benzene rings is 1. The van der Waals surface area contributed by atoms with Gasteiger partial charge in [-0.3, -0.25) is 14.4 Å². The van der Waals surface area contributed by atoms with Gasteiger partial charge in [0.1, 0.15) is 47.0 Å². The van der Waals surface area contributed by atoms with Gasteiger partial charge in [-0.2, -0.15) is 0 Å². The van der Waals surface area contributed by atoms with Gasteiger partial charge in [0.25, 0.3) is 0 Å². The van der Waals surface area contributed by atoms with Crippen molar-refractivity contribution in [2.45, 2.75) is 116 Å². The molecule has 3 fully saturated rings. The standard InChI is InChI=1S/C42H54N6O9S/c1-9-23-19-42(23,37(52)53)47-35(50)31-17-26(21-48(31)36(51)34(41(5,6)7)46-39(54)57-24-12-10-11-13-24)56-32-18-29(43-28-16-25(55-8)14-15-27(28)32)30-22-58-38(44-30)45-33(49)20-40(2,3)4/h9,14-16,18,22-24,26,31,34H,1,10-13,17,19-21H2,2-8H3,(H,46,54)(H,47,50)(H,52,53)(H,44,45,49)/t23-,26-,31+,34-,42-/m1/s1. The number of anilines is 1. The first-order chi connectivity index (χ1) is 27.3. The van der Waals surface area contributed by atoms with Crippen molar-refractivity contribution < 1.29 is 43.3 Å². The fourth-order valence-corrected chi connectivity index (χ4v) is 8.34. The van der Waals surface area contributed by atoms with Gasteiger partial charge in [0, 0.05) is 41.7 Å². The van der Waals surface area contributed by atoms with Crippen molar-refractivity contribution in [3.63, 3.8) is 0 Å². The molecule has 1 aliphatic heterocycles. The maximum Gasteiger partial charge on any atom is 0.408 e. The number of fused-ring (bicyclic) bond motifs is 1. The number of thiazole rings is 1. The third kappa shape index (κ3) is 9.54. The number of methoxy groups -OCH3 is 1. The molecule has 1 saturated heterocycles. The summed E-state index contributed by atoms with van der Waals surface area (Å²) in [5.41, 5.74) is -1.06. The van der Waals surface area contributed by atoms with Crippen molar-refractivity contribution in [3.05, 3.63) is 42.3 Å². The molecular formula is C42H54N6O9S. The number of ether oxygens (including phenoxy) is 3. The van der Waals surface area contributed by atoms with Gasteiger partial charge in [-0.25, -0.2) is 19.6 Å². The Hall–Kier alpha value is -5.25. The predicted molar refractivity (Wildman–Crippen MR) is 219 cm³/mol. The summed E-state index contributed by atoms with van der Waals surface area (Å²) in [5, 5.41) is 21.3. The van der Waals surface area contributed by atoms with Crippen molar-refractivity contribution in [3.8, 4) is 22.9 Å². The molecule has 4 amide bonds. The summed E-state index contributed by atoms with van der Waals surface area (Å²) in [5.74, 6) is -2.05. The summed E-state index contributed by atoms with van der Waals surface area (Å²) in [7, 11) is 1.55. The lowest BCUT2D eigenvalue weighted by molar-refractivity contribution is -0.146. The van der Waals surface area contributed by atoms with E-state index < -0.39 is 58.9 Å². The predicted octanol–water partition coefficient (Wildman–Crippen LogP) is 6.32. The maximum atomic E-state index is 14.6. The molecule has 0 unspecified atom stereocenters. The van der Waals surface area contributed by atoms with Crippen LogP contribution in [0.5, 0.6) is 11.5 Å². The second-order valence-electron chi connectivity index (χ2n) is 17.8. The highest BCUT2D eigenvalue weighted by molar-refractivity contribution is 7.14. The first-order valence-electron chi connectivity index (χ1n) is 19.7. The maximum absolute atomic E-state index is 14.6. The molecule has 312 valence electrons. The number of carbonyl (C=O) groups excluding carboxylic acids is 4. The third-order valence-corrected chi connectivity index (χ3v) is 11.6. The molecule has 0 bridgehead atoms.